The van der Waals surface area contributed by atoms with E-state index in [9.17, 15) is 4.79 Å². The van der Waals surface area contributed by atoms with E-state index in [0.29, 0.717) is 23.8 Å². The van der Waals surface area contributed by atoms with Crippen molar-refractivity contribution >= 4 is 11.6 Å². The van der Waals surface area contributed by atoms with Crippen LogP contribution in [0.5, 0.6) is 11.5 Å². The number of carbonyl (C=O) groups excluding carboxylic acids is 1. The van der Waals surface area contributed by atoms with E-state index in [0.717, 1.165) is 19.4 Å². The van der Waals surface area contributed by atoms with Crippen LogP contribution < -0.4 is 20.1 Å². The average molecular weight is 278 g/mol. The molecule has 0 radical (unpaired) electrons. The van der Waals surface area contributed by atoms with Gasteiger partial charge < -0.3 is 20.1 Å². The molecule has 1 saturated heterocycles. The SMILES string of the molecule is CCOc1ccc(NC(=O)C2(C)CCCN2)cc1OC. The second-order valence-corrected chi connectivity index (χ2v) is 5.12. The van der Waals surface area contributed by atoms with Crippen LogP contribution in [0.2, 0.25) is 0 Å². The normalized spacial score (nSPS) is 21.6. The van der Waals surface area contributed by atoms with Gasteiger partial charge in [-0.25, -0.2) is 0 Å². The Kier molecular flexibility index (Phi) is 4.49. The van der Waals surface area contributed by atoms with E-state index in [-0.39, 0.29) is 5.91 Å². The summed E-state index contributed by atoms with van der Waals surface area (Å²) in [5.41, 5.74) is 0.233. The standard InChI is InChI=1S/C15H22N2O3/c1-4-20-12-7-6-11(10-13(12)19-3)17-14(18)15(2)8-5-9-16-15/h6-7,10,16H,4-5,8-9H2,1-3H3,(H,17,18). The number of hydrogen-bond donors (Lipinski definition) is 2. The second kappa shape index (κ2) is 6.13. The highest BCUT2D eigenvalue weighted by Crippen LogP contribution is 2.31. The first-order chi connectivity index (χ1) is 9.59. The Morgan fingerprint density at radius 1 is 1.45 bits per heavy atom. The third-order valence-corrected chi connectivity index (χ3v) is 3.59. The van der Waals surface area contributed by atoms with Gasteiger partial charge in [0, 0.05) is 11.8 Å². The number of carbonyl (C=O) groups is 1. The first-order valence-corrected chi connectivity index (χ1v) is 6.96. The fraction of sp³-hybridized carbons (Fsp3) is 0.533. The highest BCUT2D eigenvalue weighted by molar-refractivity contribution is 5.98. The monoisotopic (exact) mass is 278 g/mol. The van der Waals surface area contributed by atoms with Crippen molar-refractivity contribution in [2.24, 2.45) is 0 Å². The summed E-state index contributed by atoms with van der Waals surface area (Å²) in [6, 6.07) is 5.41. The van der Waals surface area contributed by atoms with Crippen LogP contribution >= 0.6 is 0 Å². The molecule has 0 spiro atoms. The Balaban J connectivity index is 2.11. The number of hydrogen-bond acceptors (Lipinski definition) is 4. The molecule has 0 saturated carbocycles. The van der Waals surface area contributed by atoms with Crippen molar-refractivity contribution in [2.75, 3.05) is 25.6 Å². The molecule has 5 nitrogen and oxygen atoms in total. The lowest BCUT2D eigenvalue weighted by molar-refractivity contribution is -0.121. The van der Waals surface area contributed by atoms with E-state index in [1.807, 2.05) is 26.0 Å². The average Bonchev–Trinajstić information content (AvgIpc) is 2.89. The minimum Gasteiger partial charge on any atom is -0.493 e. The summed E-state index contributed by atoms with van der Waals surface area (Å²) in [5, 5.41) is 6.18. The topological polar surface area (TPSA) is 59.6 Å². The molecule has 1 aromatic carbocycles. The molecule has 0 bridgehead atoms. The maximum Gasteiger partial charge on any atom is 0.244 e. The van der Waals surface area contributed by atoms with Gasteiger partial charge in [0.15, 0.2) is 11.5 Å². The lowest BCUT2D eigenvalue weighted by Crippen LogP contribution is -2.47. The summed E-state index contributed by atoms with van der Waals surface area (Å²) in [4.78, 5) is 12.3. The summed E-state index contributed by atoms with van der Waals surface area (Å²) in [5.74, 6) is 1.29. The van der Waals surface area contributed by atoms with Crippen LogP contribution in [0.4, 0.5) is 5.69 Å². The van der Waals surface area contributed by atoms with E-state index >= 15 is 0 Å². The summed E-state index contributed by atoms with van der Waals surface area (Å²) < 4.78 is 10.7. The van der Waals surface area contributed by atoms with E-state index in [1.54, 1.807) is 13.2 Å². The van der Waals surface area contributed by atoms with Crippen molar-refractivity contribution in [3.05, 3.63) is 18.2 Å². The summed E-state index contributed by atoms with van der Waals surface area (Å²) in [6.07, 6.45) is 1.88. The van der Waals surface area contributed by atoms with E-state index < -0.39 is 5.54 Å². The molecular weight excluding hydrogens is 256 g/mol. The first-order valence-electron chi connectivity index (χ1n) is 6.96. The maximum absolute atomic E-state index is 12.3. The van der Waals surface area contributed by atoms with Crippen LogP contribution in [-0.2, 0) is 4.79 Å². The molecule has 1 fully saturated rings. The zero-order valence-electron chi connectivity index (χ0n) is 12.3. The van der Waals surface area contributed by atoms with Gasteiger partial charge in [-0.05, 0) is 45.4 Å². The zero-order chi connectivity index (χ0) is 14.6. The lowest BCUT2D eigenvalue weighted by Gasteiger charge is -2.23. The number of nitrogens with one attached hydrogen (secondary N) is 2. The minimum atomic E-state index is -0.480. The molecule has 1 unspecified atom stereocenters. The molecule has 0 aromatic heterocycles. The van der Waals surface area contributed by atoms with Crippen molar-refractivity contribution < 1.29 is 14.3 Å². The van der Waals surface area contributed by atoms with Crippen molar-refractivity contribution in [1.29, 1.82) is 0 Å². The predicted molar refractivity (Wildman–Crippen MR) is 78.4 cm³/mol. The van der Waals surface area contributed by atoms with Gasteiger partial charge >= 0.3 is 0 Å². The first kappa shape index (κ1) is 14.7. The fourth-order valence-electron chi connectivity index (χ4n) is 2.38. The van der Waals surface area contributed by atoms with Crippen molar-refractivity contribution in [3.8, 4) is 11.5 Å². The van der Waals surface area contributed by atoms with E-state index in [2.05, 4.69) is 10.6 Å². The number of anilines is 1. The van der Waals surface area contributed by atoms with Crippen LogP contribution in [0.25, 0.3) is 0 Å². The number of ether oxygens (including phenoxy) is 2. The number of rotatable bonds is 5. The lowest BCUT2D eigenvalue weighted by atomic mass is 9.99. The molecule has 2 N–H and O–H groups in total. The van der Waals surface area contributed by atoms with Gasteiger partial charge in [0.25, 0.3) is 0 Å². The van der Waals surface area contributed by atoms with E-state index in [4.69, 9.17) is 9.47 Å². The molecule has 1 aliphatic heterocycles. The molecular formula is C15H22N2O3. The zero-order valence-corrected chi connectivity index (χ0v) is 12.3. The van der Waals surface area contributed by atoms with Gasteiger partial charge in [-0.15, -0.1) is 0 Å². The summed E-state index contributed by atoms with van der Waals surface area (Å²) in [7, 11) is 1.59. The van der Waals surface area contributed by atoms with Crippen LogP contribution in [-0.4, -0.2) is 31.7 Å². The molecule has 1 aromatic rings. The molecule has 2 rings (SSSR count). The molecule has 5 heteroatoms. The molecule has 1 heterocycles. The predicted octanol–water partition coefficient (Wildman–Crippen LogP) is 2.17. The third kappa shape index (κ3) is 3.04. The molecule has 0 aliphatic carbocycles. The molecule has 1 atom stereocenters. The number of benzene rings is 1. The van der Waals surface area contributed by atoms with Crippen LogP contribution in [0.3, 0.4) is 0 Å². The Morgan fingerprint density at radius 3 is 2.85 bits per heavy atom. The van der Waals surface area contributed by atoms with Gasteiger partial charge in [-0.2, -0.15) is 0 Å². The quantitative estimate of drug-likeness (QED) is 0.866. The van der Waals surface area contributed by atoms with E-state index in [1.165, 1.54) is 0 Å². The van der Waals surface area contributed by atoms with Crippen molar-refractivity contribution in [3.63, 3.8) is 0 Å². The number of methoxy groups -OCH3 is 1. The third-order valence-electron chi connectivity index (χ3n) is 3.59. The Morgan fingerprint density at radius 2 is 2.25 bits per heavy atom. The Labute approximate surface area is 119 Å². The summed E-state index contributed by atoms with van der Waals surface area (Å²) in [6.45, 7) is 5.31. The van der Waals surface area contributed by atoms with Gasteiger partial charge in [0.05, 0.1) is 19.3 Å². The molecule has 20 heavy (non-hydrogen) atoms. The molecule has 1 amide bonds. The van der Waals surface area contributed by atoms with Gasteiger partial charge in [0.2, 0.25) is 5.91 Å². The van der Waals surface area contributed by atoms with Crippen molar-refractivity contribution in [2.45, 2.75) is 32.2 Å². The molecule has 1 aliphatic rings. The summed E-state index contributed by atoms with van der Waals surface area (Å²) >= 11 is 0. The largest absolute Gasteiger partial charge is 0.493 e. The van der Waals surface area contributed by atoms with Gasteiger partial charge in [-0.3, -0.25) is 4.79 Å². The van der Waals surface area contributed by atoms with Crippen LogP contribution in [0, 0.1) is 0 Å². The van der Waals surface area contributed by atoms with Crippen LogP contribution in [0.1, 0.15) is 26.7 Å². The Bertz CT molecular complexity index is 482. The van der Waals surface area contributed by atoms with Gasteiger partial charge in [0.1, 0.15) is 0 Å². The second-order valence-electron chi connectivity index (χ2n) is 5.12. The maximum atomic E-state index is 12.3. The molecule has 110 valence electrons. The van der Waals surface area contributed by atoms with Crippen molar-refractivity contribution in [1.82, 2.24) is 5.32 Å². The van der Waals surface area contributed by atoms with Gasteiger partial charge in [-0.1, -0.05) is 0 Å². The van der Waals surface area contributed by atoms with Crippen LogP contribution in [0.15, 0.2) is 18.2 Å². The minimum absolute atomic E-state index is 0.0128. The number of amides is 1. The smallest absolute Gasteiger partial charge is 0.244 e. The highest BCUT2D eigenvalue weighted by atomic mass is 16.5. The highest BCUT2D eigenvalue weighted by Gasteiger charge is 2.35. The Hall–Kier alpha value is -1.75. The fourth-order valence-corrected chi connectivity index (χ4v) is 2.38.